The van der Waals surface area contributed by atoms with Crippen LogP contribution >= 0.6 is 11.3 Å². The molecule has 2 aliphatic rings. The Morgan fingerprint density at radius 1 is 1.04 bits per heavy atom. The van der Waals surface area contributed by atoms with E-state index in [0.29, 0.717) is 37.4 Å². The first-order chi connectivity index (χ1) is 24.2. The first-order valence-electron chi connectivity index (χ1n) is 17.3. The number of nitrogens with one attached hydrogen (secondary N) is 1. The molecule has 266 valence electrons. The van der Waals surface area contributed by atoms with Crippen molar-refractivity contribution < 1.29 is 24.3 Å². The number of amides is 3. The average molecular weight is 702 g/mol. The van der Waals surface area contributed by atoms with Crippen LogP contribution < -0.4 is 5.32 Å². The van der Waals surface area contributed by atoms with Gasteiger partial charge >= 0.3 is 0 Å². The van der Waals surface area contributed by atoms with Crippen molar-refractivity contribution in [3.05, 3.63) is 71.4 Å². The third-order valence-corrected chi connectivity index (χ3v) is 10.4. The molecule has 12 nitrogen and oxygen atoms in total. The molecule has 2 fully saturated rings. The second-order valence-corrected chi connectivity index (χ2v) is 14.3. The second-order valence-electron chi connectivity index (χ2n) is 13.3. The van der Waals surface area contributed by atoms with Crippen molar-refractivity contribution in [1.82, 2.24) is 34.8 Å². The van der Waals surface area contributed by atoms with Crippen LogP contribution in [-0.2, 0) is 28.0 Å². The highest BCUT2D eigenvalue weighted by atomic mass is 32.1. The number of hydrogen-bond donors (Lipinski definition) is 2. The number of fused-ring (bicyclic) bond motifs is 3. The number of rotatable bonds is 6. The summed E-state index contributed by atoms with van der Waals surface area (Å²) in [5.74, 6) is -0.0119. The first-order valence-corrected chi connectivity index (χ1v) is 18.1. The number of carbonyl (C=O) groups is 4. The van der Waals surface area contributed by atoms with E-state index in [1.165, 1.54) is 16.9 Å². The molecule has 1 aromatic carbocycles. The molecule has 2 bridgehead atoms. The van der Waals surface area contributed by atoms with E-state index in [9.17, 15) is 14.4 Å². The molecule has 0 spiro atoms. The van der Waals surface area contributed by atoms with Crippen LogP contribution in [0, 0.1) is 5.92 Å². The minimum Gasteiger partial charge on any atom is -0.483 e. The van der Waals surface area contributed by atoms with Gasteiger partial charge in [0, 0.05) is 69.5 Å². The van der Waals surface area contributed by atoms with Crippen molar-refractivity contribution in [3.8, 4) is 11.3 Å². The average Bonchev–Trinajstić information content (AvgIpc) is 3.82. The molecule has 50 heavy (non-hydrogen) atoms. The molecular formula is C37H47N7O5S. The maximum Gasteiger partial charge on any atom is 0.290 e. The maximum atomic E-state index is 14.3. The highest BCUT2D eigenvalue weighted by molar-refractivity contribution is 7.20. The van der Waals surface area contributed by atoms with Gasteiger partial charge in [-0.2, -0.15) is 5.10 Å². The molecular weight excluding hydrogens is 655 g/mol. The van der Waals surface area contributed by atoms with E-state index in [2.05, 4.69) is 29.0 Å². The van der Waals surface area contributed by atoms with Gasteiger partial charge in [-0.15, -0.1) is 11.3 Å². The standard InChI is InChI=1S/C36H45N7O3S.CH2O2/c1-25(2)20-32(44)42-19-9-18-41(23-26-12-15-37-16-13-26)17-8-7-14-38-34(45)30-21-28(42)24-43(30)35(46)31-22-29-33(27-10-5-4-6-11-27)39-40(3)36(29)47-31;2-1-3/h4-6,10-13,15-16,22,25,28,30H,7-9,14,17-21,23-24H2,1-3H3,(H,38,45);1H,(H,2,3)/t28-,30-;/m0./s1. The summed E-state index contributed by atoms with van der Waals surface area (Å²) in [4.78, 5) is 61.9. The van der Waals surface area contributed by atoms with Crippen LogP contribution in [0.25, 0.3) is 21.5 Å². The molecule has 0 aliphatic carbocycles. The van der Waals surface area contributed by atoms with Gasteiger partial charge in [-0.05, 0) is 61.9 Å². The Labute approximate surface area is 297 Å². The summed E-state index contributed by atoms with van der Waals surface area (Å²) in [6.45, 7) is 7.92. The van der Waals surface area contributed by atoms with Crippen molar-refractivity contribution in [1.29, 1.82) is 0 Å². The number of benzene rings is 1. The summed E-state index contributed by atoms with van der Waals surface area (Å²) in [6, 6.07) is 15.1. The monoisotopic (exact) mass is 701 g/mol. The third-order valence-electron chi connectivity index (χ3n) is 9.19. The molecule has 0 unspecified atom stereocenters. The van der Waals surface area contributed by atoms with E-state index in [-0.39, 0.29) is 36.2 Å². The molecule has 2 N–H and O–H groups in total. The van der Waals surface area contributed by atoms with Crippen LogP contribution in [0.2, 0.25) is 0 Å². The summed E-state index contributed by atoms with van der Waals surface area (Å²) in [6.07, 6.45) is 7.13. The van der Waals surface area contributed by atoms with Gasteiger partial charge in [-0.25, -0.2) is 0 Å². The lowest BCUT2D eigenvalue weighted by Crippen LogP contribution is -2.46. The van der Waals surface area contributed by atoms with Gasteiger partial charge in [0.05, 0.1) is 10.9 Å². The molecule has 3 amide bonds. The van der Waals surface area contributed by atoms with Crippen molar-refractivity contribution in [2.24, 2.45) is 13.0 Å². The molecule has 0 radical (unpaired) electrons. The normalized spacial score (nSPS) is 19.1. The summed E-state index contributed by atoms with van der Waals surface area (Å²) >= 11 is 1.40. The Hall–Kier alpha value is -4.62. The van der Waals surface area contributed by atoms with Crippen molar-refractivity contribution in [3.63, 3.8) is 0 Å². The molecule has 5 heterocycles. The molecule has 2 atom stereocenters. The fourth-order valence-corrected chi connectivity index (χ4v) is 7.89. The molecule has 4 aromatic rings. The van der Waals surface area contributed by atoms with Gasteiger partial charge < -0.3 is 20.2 Å². The maximum absolute atomic E-state index is 14.3. The zero-order valence-electron chi connectivity index (χ0n) is 29.0. The van der Waals surface area contributed by atoms with E-state index in [1.807, 2.05) is 77.6 Å². The molecule has 0 saturated carbocycles. The lowest BCUT2D eigenvalue weighted by atomic mass is 10.1. The van der Waals surface area contributed by atoms with E-state index in [4.69, 9.17) is 15.0 Å². The highest BCUT2D eigenvalue weighted by Crippen LogP contribution is 2.35. The molecule has 13 heteroatoms. The number of aromatic nitrogens is 3. The summed E-state index contributed by atoms with van der Waals surface area (Å²) in [5.41, 5.74) is 3.04. The van der Waals surface area contributed by atoms with Crippen LogP contribution in [0.3, 0.4) is 0 Å². The molecule has 2 aliphatic heterocycles. The lowest BCUT2D eigenvalue weighted by Gasteiger charge is -2.31. The Balaban J connectivity index is 0.00000156. The van der Waals surface area contributed by atoms with Crippen LogP contribution in [0.5, 0.6) is 0 Å². The van der Waals surface area contributed by atoms with E-state index < -0.39 is 6.04 Å². The Bertz CT molecular complexity index is 1740. The van der Waals surface area contributed by atoms with Gasteiger partial charge in [0.25, 0.3) is 12.4 Å². The van der Waals surface area contributed by atoms with Crippen molar-refractivity contribution in [2.45, 2.75) is 64.6 Å². The second kappa shape index (κ2) is 17.3. The smallest absolute Gasteiger partial charge is 0.290 e. The predicted octanol–water partition coefficient (Wildman–Crippen LogP) is 4.66. The summed E-state index contributed by atoms with van der Waals surface area (Å²) in [7, 11) is 1.89. The Kier molecular flexibility index (Phi) is 12.7. The van der Waals surface area contributed by atoms with E-state index in [1.54, 1.807) is 4.90 Å². The highest BCUT2D eigenvalue weighted by Gasteiger charge is 2.43. The Morgan fingerprint density at radius 2 is 1.76 bits per heavy atom. The van der Waals surface area contributed by atoms with Crippen molar-refractivity contribution in [2.75, 3.05) is 32.7 Å². The SMILES string of the molecule is CC(C)CC(=O)N1CCCN(Cc2ccncc2)CCCCNC(=O)[C@@H]2C[C@H]1CN2C(=O)c1cc2c(-c3ccccc3)nn(C)c2s1.O=CO. The van der Waals surface area contributed by atoms with E-state index in [0.717, 1.165) is 60.4 Å². The minimum absolute atomic E-state index is 0.0895. The van der Waals surface area contributed by atoms with E-state index >= 15 is 0 Å². The number of hydrogen-bond acceptors (Lipinski definition) is 8. The predicted molar refractivity (Wildman–Crippen MR) is 193 cm³/mol. The van der Waals surface area contributed by atoms with Gasteiger partial charge in [-0.1, -0.05) is 44.2 Å². The van der Waals surface area contributed by atoms with Crippen LogP contribution in [0.4, 0.5) is 0 Å². The number of thiophene rings is 1. The number of likely N-dealkylation sites (tertiary alicyclic amines) is 1. The largest absolute Gasteiger partial charge is 0.483 e. The van der Waals surface area contributed by atoms with Crippen molar-refractivity contribution >= 4 is 45.7 Å². The molecule has 6 rings (SSSR count). The lowest BCUT2D eigenvalue weighted by molar-refractivity contribution is -0.134. The zero-order valence-corrected chi connectivity index (χ0v) is 29.8. The first kappa shape index (κ1) is 36.7. The van der Waals surface area contributed by atoms with Gasteiger partial charge in [0.2, 0.25) is 11.8 Å². The number of carboxylic acid groups (broad SMARTS) is 1. The number of carbonyl (C=O) groups excluding carboxylic acids is 3. The topological polar surface area (TPSA) is 141 Å². The molecule has 2 saturated heterocycles. The van der Waals surface area contributed by atoms with Crippen LogP contribution in [0.15, 0.2) is 60.9 Å². The zero-order chi connectivity index (χ0) is 35.6. The Morgan fingerprint density at radius 3 is 2.48 bits per heavy atom. The fraction of sp³-hybridized carbons (Fsp3) is 0.459. The molecule has 3 aromatic heterocycles. The van der Waals surface area contributed by atoms with Crippen LogP contribution in [-0.4, -0.2) is 104 Å². The fourth-order valence-electron chi connectivity index (χ4n) is 6.86. The van der Waals surface area contributed by atoms with Crippen LogP contribution in [0.1, 0.15) is 61.2 Å². The quantitative estimate of drug-likeness (QED) is 0.277. The number of pyridine rings is 1. The number of nitrogens with zero attached hydrogens (tertiary/aromatic N) is 6. The number of aryl methyl sites for hydroxylation is 1. The third kappa shape index (κ3) is 8.94. The summed E-state index contributed by atoms with van der Waals surface area (Å²) in [5, 5.41) is 15.7. The minimum atomic E-state index is -0.634. The van der Waals surface area contributed by atoms with Gasteiger partial charge in [0.1, 0.15) is 16.6 Å². The van der Waals surface area contributed by atoms with Gasteiger partial charge in [-0.3, -0.25) is 33.7 Å². The summed E-state index contributed by atoms with van der Waals surface area (Å²) < 4.78 is 1.82. The van der Waals surface area contributed by atoms with Gasteiger partial charge in [0.15, 0.2) is 0 Å².